The van der Waals surface area contributed by atoms with Crippen LogP contribution >= 0.6 is 12.6 Å². The molecule has 0 nitrogen and oxygen atoms in total. The smallest absolute Gasteiger partial charge is 0.358 e. The fourth-order valence-electron chi connectivity index (χ4n) is 0. The van der Waals surface area contributed by atoms with Crippen molar-refractivity contribution in [1.29, 1.82) is 0 Å². The molecule has 2 heteroatoms. The molecule has 0 aromatic heterocycles. The van der Waals surface area contributed by atoms with E-state index in [1.807, 2.05) is 0 Å². The van der Waals surface area contributed by atoms with Gasteiger partial charge in [0.25, 0.3) is 0 Å². The van der Waals surface area contributed by atoms with Crippen LogP contribution in [0.1, 0.15) is 0 Å². The fraction of sp³-hybridized carbons (Fsp3) is 0.500. The zero-order valence-electron chi connectivity index (χ0n) is 3.15. The molecule has 0 aliphatic carbocycles. The van der Waals surface area contributed by atoms with Gasteiger partial charge in [-0.1, -0.05) is 0 Å². The van der Waals surface area contributed by atoms with Crippen molar-refractivity contribution in [2.45, 2.75) is 0 Å². The fourth-order valence-corrected chi connectivity index (χ4v) is 0. The molecule has 0 aliphatic rings. The molecule has 0 spiro atoms. The van der Waals surface area contributed by atoms with Crippen LogP contribution < -0.4 is 0 Å². The zero-order chi connectivity index (χ0) is 2.00. The van der Waals surface area contributed by atoms with Crippen molar-refractivity contribution >= 4 is 35.7 Å². The first-order valence-corrected chi connectivity index (χ1v) is 1.34. The van der Waals surface area contributed by atoms with Crippen LogP contribution in [-0.2, 0) is 0 Å². The maximum absolute atomic E-state index is 3.53. The van der Waals surface area contributed by atoms with Crippen LogP contribution in [-0.4, -0.2) is 29.3 Å². The quantitative estimate of drug-likeness (QED) is 0.250. The van der Waals surface area contributed by atoms with E-state index in [1.54, 1.807) is 6.26 Å². The molecule has 0 radical (unpaired) electrons. The van der Waals surface area contributed by atoms with Gasteiger partial charge in [0.05, 0.1) is 0 Å². The predicted molar refractivity (Wildman–Crippen MR) is 27.1 cm³/mol. The van der Waals surface area contributed by atoms with E-state index in [-0.39, 0.29) is 30.5 Å². The van der Waals surface area contributed by atoms with Crippen LogP contribution in [0, 0.1) is 7.43 Å². The monoisotopic (exact) mass is 87.0 g/mol. The summed E-state index contributed by atoms with van der Waals surface area (Å²) < 4.78 is 0. The zero-order valence-corrected chi connectivity index (χ0v) is 5.46. The minimum atomic E-state index is 0. The second kappa shape index (κ2) is 32.1. The SMILES string of the molecule is CS.[CH3-].[Mg+2]. The summed E-state index contributed by atoms with van der Waals surface area (Å²) in [6.07, 6.45) is 1.69. The standard InChI is InChI=1S/CH4S.CH3.Mg/c1-2;;/h2H,1H3;1H3;/q;-1;+2. The molecule has 0 amide bonds. The van der Waals surface area contributed by atoms with Gasteiger partial charge in [-0.15, -0.1) is 0 Å². The summed E-state index contributed by atoms with van der Waals surface area (Å²) in [5.74, 6) is 0. The summed E-state index contributed by atoms with van der Waals surface area (Å²) in [4.78, 5) is 0. The second-order valence-corrected chi connectivity index (χ2v) is 0. The van der Waals surface area contributed by atoms with Gasteiger partial charge in [0.2, 0.25) is 0 Å². The molecule has 0 heterocycles. The van der Waals surface area contributed by atoms with Crippen molar-refractivity contribution < 1.29 is 0 Å². The van der Waals surface area contributed by atoms with Crippen LogP contribution in [0.15, 0.2) is 0 Å². The van der Waals surface area contributed by atoms with E-state index >= 15 is 0 Å². The number of hydrogen-bond acceptors (Lipinski definition) is 1. The Morgan fingerprint density at radius 3 is 1.25 bits per heavy atom. The summed E-state index contributed by atoms with van der Waals surface area (Å²) in [7, 11) is 0. The van der Waals surface area contributed by atoms with Crippen molar-refractivity contribution in [2.75, 3.05) is 6.26 Å². The first kappa shape index (κ1) is 19.4. The Kier molecular flexibility index (Phi) is 155. The molecule has 0 unspecified atom stereocenters. The Morgan fingerprint density at radius 2 is 1.25 bits per heavy atom. The van der Waals surface area contributed by atoms with Gasteiger partial charge in [-0.05, 0) is 6.26 Å². The first-order valence-electron chi connectivity index (χ1n) is 0.447. The maximum Gasteiger partial charge on any atom is 2.00 e. The summed E-state index contributed by atoms with van der Waals surface area (Å²) in [5.41, 5.74) is 0. The van der Waals surface area contributed by atoms with Gasteiger partial charge in [-0.25, -0.2) is 0 Å². The van der Waals surface area contributed by atoms with E-state index in [9.17, 15) is 0 Å². The molecule has 0 aliphatic heterocycles. The van der Waals surface area contributed by atoms with E-state index in [0.717, 1.165) is 0 Å². The molecule has 0 N–H and O–H groups in total. The summed E-state index contributed by atoms with van der Waals surface area (Å²) in [6.45, 7) is 0. The number of hydrogen-bond donors (Lipinski definition) is 1. The van der Waals surface area contributed by atoms with E-state index in [0.29, 0.717) is 0 Å². The van der Waals surface area contributed by atoms with Crippen LogP contribution in [0.5, 0.6) is 0 Å². The number of rotatable bonds is 0. The molecule has 0 rings (SSSR count). The Morgan fingerprint density at radius 1 is 1.25 bits per heavy atom. The normalized spacial score (nSPS) is 1.50. The molecule has 22 valence electrons. The minimum Gasteiger partial charge on any atom is -0.358 e. The predicted octanol–water partition coefficient (Wildman–Crippen LogP) is 0.615. The maximum atomic E-state index is 3.53. The molecule has 0 fully saturated rings. The molecule has 0 saturated carbocycles. The topological polar surface area (TPSA) is 0 Å². The Bertz CT molecular complexity index is 6.00. The average Bonchev–Trinajstić information content (AvgIpc) is 1.00. The Hall–Kier alpha value is 1.12. The largest absolute Gasteiger partial charge is 2.00 e. The third-order valence-electron chi connectivity index (χ3n) is 0. The van der Waals surface area contributed by atoms with Crippen molar-refractivity contribution in [3.63, 3.8) is 0 Å². The molecule has 0 aromatic rings. The van der Waals surface area contributed by atoms with Crippen LogP contribution in [0.4, 0.5) is 0 Å². The van der Waals surface area contributed by atoms with Gasteiger partial charge >= 0.3 is 23.1 Å². The second-order valence-electron chi connectivity index (χ2n) is 0. The molecular formula is C2H7MgS+. The number of thiol groups is 1. The molecule has 0 aromatic carbocycles. The summed E-state index contributed by atoms with van der Waals surface area (Å²) in [5, 5.41) is 0. The molecule has 0 saturated heterocycles. The van der Waals surface area contributed by atoms with Crippen LogP contribution in [0.3, 0.4) is 0 Å². The third kappa shape index (κ3) is 11.2. The van der Waals surface area contributed by atoms with Crippen LogP contribution in [0.2, 0.25) is 0 Å². The van der Waals surface area contributed by atoms with Crippen molar-refractivity contribution in [3.8, 4) is 0 Å². The van der Waals surface area contributed by atoms with Gasteiger partial charge in [-0.3, -0.25) is 0 Å². The average molecular weight is 87.5 g/mol. The molecule has 4 heavy (non-hydrogen) atoms. The Balaban J connectivity index is -0.00000000500. The van der Waals surface area contributed by atoms with Crippen LogP contribution in [0.25, 0.3) is 0 Å². The Labute approximate surface area is 49.5 Å². The molecule has 0 bridgehead atoms. The van der Waals surface area contributed by atoms with Gasteiger partial charge < -0.3 is 7.43 Å². The van der Waals surface area contributed by atoms with E-state index in [1.165, 1.54) is 0 Å². The van der Waals surface area contributed by atoms with E-state index < -0.39 is 0 Å². The summed E-state index contributed by atoms with van der Waals surface area (Å²) in [6, 6.07) is 0. The van der Waals surface area contributed by atoms with Gasteiger partial charge in [0.15, 0.2) is 0 Å². The molecule has 0 atom stereocenters. The van der Waals surface area contributed by atoms with Crippen molar-refractivity contribution in [2.24, 2.45) is 0 Å². The minimum absolute atomic E-state index is 0. The van der Waals surface area contributed by atoms with Gasteiger partial charge in [-0.2, -0.15) is 12.6 Å². The van der Waals surface area contributed by atoms with Crippen molar-refractivity contribution in [1.82, 2.24) is 0 Å². The third-order valence-corrected chi connectivity index (χ3v) is 0. The van der Waals surface area contributed by atoms with Crippen molar-refractivity contribution in [3.05, 3.63) is 7.43 Å². The van der Waals surface area contributed by atoms with E-state index in [2.05, 4.69) is 12.6 Å². The first-order chi connectivity index (χ1) is 1.00. The molecular weight excluding hydrogens is 80.4 g/mol. The van der Waals surface area contributed by atoms with E-state index in [4.69, 9.17) is 0 Å². The van der Waals surface area contributed by atoms with Gasteiger partial charge in [0, 0.05) is 0 Å². The summed E-state index contributed by atoms with van der Waals surface area (Å²) >= 11 is 3.53. The van der Waals surface area contributed by atoms with Gasteiger partial charge in [0.1, 0.15) is 0 Å².